The number of esters is 1. The number of benzene rings is 2. The van der Waals surface area contributed by atoms with Crippen molar-refractivity contribution in [1.82, 2.24) is 0 Å². The Hall–Kier alpha value is -3.22. The quantitative estimate of drug-likeness (QED) is 0.339. The Kier molecular flexibility index (Phi) is 5.71. The van der Waals surface area contributed by atoms with Crippen LogP contribution in [0.3, 0.4) is 0 Å². The lowest BCUT2D eigenvalue weighted by Gasteiger charge is -2.14. The number of nitro groups is 1. The SMILES string of the molecule is COc1ccc([N+](=O)[O-])cc1C(=O)O[C@@H](C)C(=O)c1ccc(C)c(C)c1. The minimum atomic E-state index is -1.05. The van der Waals surface area contributed by atoms with E-state index in [4.69, 9.17) is 9.47 Å². The molecule has 0 spiro atoms. The summed E-state index contributed by atoms with van der Waals surface area (Å²) in [7, 11) is 1.33. The van der Waals surface area contributed by atoms with Gasteiger partial charge in [-0.3, -0.25) is 14.9 Å². The molecule has 0 saturated heterocycles. The Morgan fingerprint density at radius 1 is 1.08 bits per heavy atom. The van der Waals surface area contributed by atoms with E-state index in [2.05, 4.69) is 0 Å². The van der Waals surface area contributed by atoms with E-state index in [-0.39, 0.29) is 22.8 Å². The summed E-state index contributed by atoms with van der Waals surface area (Å²) in [5.41, 5.74) is 2.05. The average molecular weight is 357 g/mol. The van der Waals surface area contributed by atoms with Gasteiger partial charge < -0.3 is 9.47 Å². The van der Waals surface area contributed by atoms with Crippen molar-refractivity contribution in [3.05, 3.63) is 68.8 Å². The summed E-state index contributed by atoms with van der Waals surface area (Å²) in [5, 5.41) is 10.9. The Bertz CT molecular complexity index is 874. The van der Waals surface area contributed by atoms with Gasteiger partial charge in [0, 0.05) is 17.7 Å². The van der Waals surface area contributed by atoms with E-state index in [1.807, 2.05) is 19.9 Å². The molecular weight excluding hydrogens is 338 g/mol. The molecule has 0 radical (unpaired) electrons. The van der Waals surface area contributed by atoms with E-state index in [1.165, 1.54) is 26.2 Å². The number of hydrogen-bond donors (Lipinski definition) is 0. The monoisotopic (exact) mass is 357 g/mol. The first-order chi connectivity index (χ1) is 12.2. The van der Waals surface area contributed by atoms with Crippen LogP contribution in [0.1, 0.15) is 38.8 Å². The molecule has 0 bridgehead atoms. The van der Waals surface area contributed by atoms with Gasteiger partial charge in [-0.15, -0.1) is 0 Å². The zero-order chi connectivity index (χ0) is 19.4. The lowest BCUT2D eigenvalue weighted by atomic mass is 10.0. The Morgan fingerprint density at radius 3 is 2.35 bits per heavy atom. The fraction of sp³-hybridized carbons (Fsp3) is 0.263. The third-order valence-corrected chi connectivity index (χ3v) is 4.06. The molecule has 7 heteroatoms. The van der Waals surface area contributed by atoms with Crippen LogP contribution in [0.2, 0.25) is 0 Å². The van der Waals surface area contributed by atoms with Crippen LogP contribution in [0.15, 0.2) is 36.4 Å². The lowest BCUT2D eigenvalue weighted by Crippen LogP contribution is -2.25. The highest BCUT2D eigenvalue weighted by molar-refractivity contribution is 6.02. The number of aryl methyl sites for hydroxylation is 2. The van der Waals surface area contributed by atoms with Crippen molar-refractivity contribution < 1.29 is 24.0 Å². The molecule has 0 aromatic heterocycles. The molecule has 136 valence electrons. The van der Waals surface area contributed by atoms with Crippen molar-refractivity contribution in [2.75, 3.05) is 7.11 Å². The van der Waals surface area contributed by atoms with Crippen LogP contribution < -0.4 is 4.74 Å². The number of hydrogen-bond acceptors (Lipinski definition) is 6. The van der Waals surface area contributed by atoms with Gasteiger partial charge in [0.15, 0.2) is 6.10 Å². The van der Waals surface area contributed by atoms with Crippen LogP contribution in [0, 0.1) is 24.0 Å². The minimum absolute atomic E-state index is 0.110. The van der Waals surface area contributed by atoms with Crippen LogP contribution in [-0.2, 0) is 4.74 Å². The maximum Gasteiger partial charge on any atom is 0.342 e. The predicted octanol–water partition coefficient (Wildman–Crippen LogP) is 3.65. The van der Waals surface area contributed by atoms with Gasteiger partial charge >= 0.3 is 5.97 Å². The van der Waals surface area contributed by atoms with Gasteiger partial charge in [-0.2, -0.15) is 0 Å². The minimum Gasteiger partial charge on any atom is -0.496 e. The topological polar surface area (TPSA) is 95.7 Å². The molecule has 0 heterocycles. The van der Waals surface area contributed by atoms with Gasteiger partial charge in [-0.25, -0.2) is 4.79 Å². The zero-order valence-corrected chi connectivity index (χ0v) is 14.9. The smallest absolute Gasteiger partial charge is 0.342 e. The normalized spacial score (nSPS) is 11.5. The Morgan fingerprint density at radius 2 is 1.77 bits per heavy atom. The lowest BCUT2D eigenvalue weighted by molar-refractivity contribution is -0.384. The number of Topliss-reactive ketones (excluding diaryl/α,β-unsaturated/α-hetero) is 1. The van der Waals surface area contributed by atoms with Crippen LogP contribution >= 0.6 is 0 Å². The number of carbonyl (C=O) groups excluding carboxylic acids is 2. The van der Waals surface area contributed by atoms with Gasteiger partial charge in [0.1, 0.15) is 11.3 Å². The average Bonchev–Trinajstić information content (AvgIpc) is 2.62. The molecule has 0 unspecified atom stereocenters. The summed E-state index contributed by atoms with van der Waals surface area (Å²) in [6.45, 7) is 5.28. The first kappa shape index (κ1) is 19.1. The van der Waals surface area contributed by atoms with Crippen molar-refractivity contribution >= 4 is 17.4 Å². The third-order valence-electron chi connectivity index (χ3n) is 4.06. The van der Waals surface area contributed by atoms with Gasteiger partial charge in [0.2, 0.25) is 5.78 Å². The van der Waals surface area contributed by atoms with Crippen molar-refractivity contribution in [3.8, 4) is 5.75 Å². The Balaban J connectivity index is 2.23. The van der Waals surface area contributed by atoms with E-state index in [1.54, 1.807) is 12.1 Å². The van der Waals surface area contributed by atoms with Gasteiger partial charge in [0.05, 0.1) is 12.0 Å². The van der Waals surface area contributed by atoms with Crippen molar-refractivity contribution in [3.63, 3.8) is 0 Å². The molecule has 0 fully saturated rings. The third kappa shape index (κ3) is 4.05. The Labute approximate surface area is 150 Å². The molecule has 7 nitrogen and oxygen atoms in total. The summed E-state index contributed by atoms with van der Waals surface area (Å²) in [6, 6.07) is 8.82. The second kappa shape index (κ2) is 7.77. The number of non-ortho nitro benzene ring substituents is 1. The molecule has 2 aromatic carbocycles. The fourth-order valence-electron chi connectivity index (χ4n) is 2.38. The highest BCUT2D eigenvalue weighted by Gasteiger charge is 2.24. The number of carbonyl (C=O) groups is 2. The molecule has 2 rings (SSSR count). The van der Waals surface area contributed by atoms with Crippen molar-refractivity contribution in [1.29, 1.82) is 0 Å². The summed E-state index contributed by atoms with van der Waals surface area (Å²) < 4.78 is 10.3. The summed E-state index contributed by atoms with van der Waals surface area (Å²) in [6.07, 6.45) is -1.05. The molecule has 0 aliphatic carbocycles. The molecule has 1 atom stereocenters. The van der Waals surface area contributed by atoms with Crippen LogP contribution in [0.25, 0.3) is 0 Å². The van der Waals surface area contributed by atoms with E-state index >= 15 is 0 Å². The highest BCUT2D eigenvalue weighted by atomic mass is 16.6. The molecule has 26 heavy (non-hydrogen) atoms. The first-order valence-electron chi connectivity index (χ1n) is 7.89. The maximum absolute atomic E-state index is 12.5. The number of nitrogens with zero attached hydrogens (tertiary/aromatic N) is 1. The van der Waals surface area contributed by atoms with E-state index < -0.39 is 17.0 Å². The first-order valence-corrected chi connectivity index (χ1v) is 7.89. The number of ether oxygens (including phenoxy) is 2. The highest BCUT2D eigenvalue weighted by Crippen LogP contribution is 2.25. The second-order valence-electron chi connectivity index (χ2n) is 5.85. The van der Waals surface area contributed by atoms with E-state index in [0.717, 1.165) is 17.2 Å². The molecule has 0 N–H and O–H groups in total. The van der Waals surface area contributed by atoms with Gasteiger partial charge in [-0.1, -0.05) is 12.1 Å². The number of rotatable bonds is 6. The summed E-state index contributed by atoms with van der Waals surface area (Å²) >= 11 is 0. The molecule has 0 aliphatic heterocycles. The maximum atomic E-state index is 12.5. The molecule has 0 saturated carbocycles. The fourth-order valence-corrected chi connectivity index (χ4v) is 2.38. The standard InChI is InChI=1S/C19H19NO6/c1-11-5-6-14(9-12(11)2)18(21)13(3)26-19(22)16-10-15(20(23)24)7-8-17(16)25-4/h5-10,13H,1-4H3/t13-/m0/s1. The van der Waals surface area contributed by atoms with Gasteiger partial charge in [-0.05, 0) is 44.0 Å². The van der Waals surface area contributed by atoms with Crippen LogP contribution in [-0.4, -0.2) is 29.9 Å². The number of ketones is 1. The number of nitro benzene ring substituents is 1. The van der Waals surface area contributed by atoms with E-state index in [9.17, 15) is 19.7 Å². The largest absolute Gasteiger partial charge is 0.496 e. The van der Waals surface area contributed by atoms with E-state index in [0.29, 0.717) is 5.56 Å². The molecule has 2 aromatic rings. The number of methoxy groups -OCH3 is 1. The predicted molar refractivity (Wildman–Crippen MR) is 94.8 cm³/mol. The summed E-state index contributed by atoms with van der Waals surface area (Å²) in [4.78, 5) is 35.2. The molecular formula is C19H19NO6. The second-order valence-corrected chi connectivity index (χ2v) is 5.85. The van der Waals surface area contributed by atoms with Crippen molar-refractivity contribution in [2.45, 2.75) is 26.9 Å². The summed E-state index contributed by atoms with van der Waals surface area (Å²) in [5.74, 6) is -1.09. The molecule has 0 aliphatic rings. The molecule has 0 amide bonds. The van der Waals surface area contributed by atoms with Crippen LogP contribution in [0.5, 0.6) is 5.75 Å². The van der Waals surface area contributed by atoms with Crippen LogP contribution in [0.4, 0.5) is 5.69 Å². The van der Waals surface area contributed by atoms with Crippen molar-refractivity contribution in [2.24, 2.45) is 0 Å². The van der Waals surface area contributed by atoms with Gasteiger partial charge in [0.25, 0.3) is 5.69 Å². The zero-order valence-electron chi connectivity index (χ0n) is 14.9.